The van der Waals surface area contributed by atoms with Crippen molar-refractivity contribution in [2.24, 2.45) is 5.92 Å². The van der Waals surface area contributed by atoms with Crippen molar-refractivity contribution in [2.75, 3.05) is 13.1 Å². The van der Waals surface area contributed by atoms with E-state index in [0.29, 0.717) is 6.10 Å². The van der Waals surface area contributed by atoms with Crippen molar-refractivity contribution < 1.29 is 4.74 Å². The second-order valence-corrected chi connectivity index (χ2v) is 6.94. The van der Waals surface area contributed by atoms with Gasteiger partial charge in [0.2, 0.25) is 0 Å². The van der Waals surface area contributed by atoms with Crippen molar-refractivity contribution in [3.63, 3.8) is 0 Å². The predicted molar refractivity (Wildman–Crippen MR) is 88.2 cm³/mol. The molecule has 0 saturated heterocycles. The van der Waals surface area contributed by atoms with Gasteiger partial charge in [0.05, 0.1) is 11.7 Å². The van der Waals surface area contributed by atoms with Crippen LogP contribution in [0.2, 0.25) is 0 Å². The molecule has 20 heavy (non-hydrogen) atoms. The largest absolute Gasteiger partial charge is 0.371 e. The summed E-state index contributed by atoms with van der Waals surface area (Å²) in [5.41, 5.74) is 0.109. The van der Waals surface area contributed by atoms with Gasteiger partial charge in [-0.25, -0.2) is 0 Å². The Kier molecular flexibility index (Phi) is 8.79. The van der Waals surface area contributed by atoms with E-state index in [0.717, 1.165) is 19.0 Å². The van der Waals surface area contributed by atoms with Crippen LogP contribution in [-0.2, 0) is 4.74 Å². The third-order valence-electron chi connectivity index (χ3n) is 4.66. The van der Waals surface area contributed by atoms with Crippen molar-refractivity contribution in [2.45, 2.75) is 97.2 Å². The highest BCUT2D eigenvalue weighted by molar-refractivity contribution is 4.89. The summed E-state index contributed by atoms with van der Waals surface area (Å²) < 4.78 is 6.57. The van der Waals surface area contributed by atoms with Gasteiger partial charge in [-0.15, -0.1) is 0 Å². The fourth-order valence-corrected chi connectivity index (χ4v) is 3.62. The van der Waals surface area contributed by atoms with Crippen LogP contribution in [0.4, 0.5) is 0 Å². The van der Waals surface area contributed by atoms with E-state index in [1.807, 2.05) is 0 Å². The first-order chi connectivity index (χ1) is 9.62. The van der Waals surface area contributed by atoms with E-state index in [1.165, 1.54) is 57.8 Å². The van der Waals surface area contributed by atoms with E-state index in [1.54, 1.807) is 0 Å². The second kappa shape index (κ2) is 9.78. The molecule has 0 heterocycles. The third-order valence-corrected chi connectivity index (χ3v) is 4.66. The van der Waals surface area contributed by atoms with Crippen molar-refractivity contribution in [1.29, 1.82) is 0 Å². The Morgan fingerprint density at radius 2 is 2.05 bits per heavy atom. The molecule has 0 aromatic heterocycles. The van der Waals surface area contributed by atoms with Gasteiger partial charge in [0.15, 0.2) is 0 Å². The molecule has 120 valence electrons. The Balaban J connectivity index is 2.42. The van der Waals surface area contributed by atoms with Crippen LogP contribution in [-0.4, -0.2) is 24.8 Å². The topological polar surface area (TPSA) is 21.3 Å². The third kappa shape index (κ3) is 6.58. The lowest BCUT2D eigenvalue weighted by molar-refractivity contribution is -0.116. The van der Waals surface area contributed by atoms with E-state index in [2.05, 4.69) is 33.0 Å². The van der Waals surface area contributed by atoms with Gasteiger partial charge in [0, 0.05) is 6.54 Å². The number of hydrogen-bond donors (Lipinski definition) is 1. The van der Waals surface area contributed by atoms with E-state index in [4.69, 9.17) is 4.74 Å². The number of unbranched alkanes of at least 4 members (excludes halogenated alkanes) is 3. The minimum Gasteiger partial charge on any atom is -0.371 e. The Hall–Kier alpha value is -0.0800. The minimum atomic E-state index is 0.109. The van der Waals surface area contributed by atoms with Crippen LogP contribution in [0.1, 0.15) is 85.5 Å². The lowest BCUT2D eigenvalue weighted by Gasteiger charge is -2.42. The zero-order chi connectivity index (χ0) is 14.8. The normalized spacial score (nSPS) is 28.5. The van der Waals surface area contributed by atoms with Crippen LogP contribution < -0.4 is 5.32 Å². The van der Waals surface area contributed by atoms with Gasteiger partial charge >= 0.3 is 0 Å². The molecule has 1 fully saturated rings. The van der Waals surface area contributed by atoms with Gasteiger partial charge < -0.3 is 10.1 Å². The molecule has 1 aliphatic carbocycles. The standard InChI is InChI=1S/C18H37NO/c1-5-7-8-9-12-17(4)20-18(15-19-6-2)13-10-11-16(3)14-18/h16-17,19H,5-15H2,1-4H3. The Morgan fingerprint density at radius 1 is 1.25 bits per heavy atom. The molecule has 1 saturated carbocycles. The summed E-state index contributed by atoms with van der Waals surface area (Å²) in [6, 6.07) is 0. The highest BCUT2D eigenvalue weighted by atomic mass is 16.5. The van der Waals surface area contributed by atoms with Crippen LogP contribution in [0.25, 0.3) is 0 Å². The summed E-state index contributed by atoms with van der Waals surface area (Å²) in [6.07, 6.45) is 12.2. The van der Waals surface area contributed by atoms with Crippen molar-refractivity contribution in [1.82, 2.24) is 5.32 Å². The first kappa shape index (κ1) is 18.0. The van der Waals surface area contributed by atoms with E-state index < -0.39 is 0 Å². The fraction of sp³-hybridized carbons (Fsp3) is 1.00. The highest BCUT2D eigenvalue weighted by Crippen LogP contribution is 2.36. The second-order valence-electron chi connectivity index (χ2n) is 6.94. The molecule has 0 amide bonds. The lowest BCUT2D eigenvalue weighted by Crippen LogP contribution is -2.48. The SMILES string of the molecule is CCCCCCC(C)OC1(CNCC)CCCC(C)C1. The summed E-state index contributed by atoms with van der Waals surface area (Å²) in [4.78, 5) is 0. The zero-order valence-corrected chi connectivity index (χ0v) is 14.3. The summed E-state index contributed by atoms with van der Waals surface area (Å²) in [6.45, 7) is 11.2. The monoisotopic (exact) mass is 283 g/mol. The van der Waals surface area contributed by atoms with Gasteiger partial charge in [-0.2, -0.15) is 0 Å². The average Bonchev–Trinajstić information content (AvgIpc) is 2.41. The average molecular weight is 284 g/mol. The van der Waals surface area contributed by atoms with Crippen LogP contribution in [0.3, 0.4) is 0 Å². The molecule has 1 rings (SSSR count). The molecule has 0 radical (unpaired) electrons. The van der Waals surface area contributed by atoms with Gasteiger partial charge in [0.1, 0.15) is 0 Å². The highest BCUT2D eigenvalue weighted by Gasteiger charge is 2.36. The quantitative estimate of drug-likeness (QED) is 0.575. The van der Waals surface area contributed by atoms with E-state index in [-0.39, 0.29) is 5.60 Å². The minimum absolute atomic E-state index is 0.109. The molecule has 3 unspecified atom stereocenters. The lowest BCUT2D eigenvalue weighted by atomic mass is 9.78. The van der Waals surface area contributed by atoms with Crippen LogP contribution in [0, 0.1) is 5.92 Å². The molecule has 3 atom stereocenters. The molecule has 2 heteroatoms. The molecular weight excluding hydrogens is 246 g/mol. The smallest absolute Gasteiger partial charge is 0.0812 e. The van der Waals surface area contributed by atoms with Crippen molar-refractivity contribution in [3.8, 4) is 0 Å². The molecule has 0 aromatic rings. The molecule has 2 nitrogen and oxygen atoms in total. The first-order valence-corrected chi connectivity index (χ1v) is 9.00. The van der Waals surface area contributed by atoms with E-state index >= 15 is 0 Å². The number of rotatable bonds is 10. The Morgan fingerprint density at radius 3 is 2.70 bits per heavy atom. The van der Waals surface area contributed by atoms with Crippen molar-refractivity contribution in [3.05, 3.63) is 0 Å². The van der Waals surface area contributed by atoms with Gasteiger partial charge in [-0.3, -0.25) is 0 Å². The first-order valence-electron chi connectivity index (χ1n) is 9.00. The van der Waals surface area contributed by atoms with Crippen LogP contribution in [0.15, 0.2) is 0 Å². The van der Waals surface area contributed by atoms with Gasteiger partial charge in [-0.1, -0.05) is 59.3 Å². The summed E-state index contributed by atoms with van der Waals surface area (Å²) >= 11 is 0. The molecule has 0 bridgehead atoms. The van der Waals surface area contributed by atoms with Gasteiger partial charge in [0.25, 0.3) is 0 Å². The molecule has 0 aliphatic heterocycles. The molecule has 0 spiro atoms. The van der Waals surface area contributed by atoms with Crippen LogP contribution in [0.5, 0.6) is 0 Å². The summed E-state index contributed by atoms with van der Waals surface area (Å²) in [7, 11) is 0. The summed E-state index contributed by atoms with van der Waals surface area (Å²) in [5, 5.41) is 3.54. The molecular formula is C18H37NO. The maximum Gasteiger partial charge on any atom is 0.0812 e. The predicted octanol–water partition coefficient (Wildman–Crippen LogP) is 4.92. The Labute approximate surface area is 127 Å². The number of nitrogens with one attached hydrogen (secondary N) is 1. The number of ether oxygens (including phenoxy) is 1. The maximum atomic E-state index is 6.57. The van der Waals surface area contributed by atoms with Crippen LogP contribution >= 0.6 is 0 Å². The molecule has 1 N–H and O–H groups in total. The number of hydrogen-bond acceptors (Lipinski definition) is 2. The Bertz CT molecular complexity index is 244. The number of likely N-dealkylation sites (N-methyl/N-ethyl adjacent to an activating group) is 1. The molecule has 0 aromatic carbocycles. The van der Waals surface area contributed by atoms with Crippen molar-refractivity contribution >= 4 is 0 Å². The summed E-state index contributed by atoms with van der Waals surface area (Å²) in [5.74, 6) is 0.815. The maximum absolute atomic E-state index is 6.57. The van der Waals surface area contributed by atoms with E-state index in [9.17, 15) is 0 Å². The molecule has 1 aliphatic rings. The zero-order valence-electron chi connectivity index (χ0n) is 14.3. The van der Waals surface area contributed by atoms with Gasteiger partial charge in [-0.05, 0) is 38.6 Å². The fourth-order valence-electron chi connectivity index (χ4n) is 3.62.